The van der Waals surface area contributed by atoms with E-state index < -0.39 is 0 Å². The number of nitrogens with zero attached hydrogens (tertiary/aromatic N) is 2. The predicted octanol–water partition coefficient (Wildman–Crippen LogP) is 6.98. The fraction of sp³-hybridized carbons (Fsp3) is 0.133. The molecule has 0 spiro atoms. The summed E-state index contributed by atoms with van der Waals surface area (Å²) in [4.78, 5) is 31.2. The van der Waals surface area contributed by atoms with Crippen LogP contribution in [-0.4, -0.2) is 23.0 Å². The van der Waals surface area contributed by atoms with Crippen molar-refractivity contribution >= 4 is 39.1 Å². The monoisotopic (exact) mass is 540 g/mol. The fourth-order valence-corrected chi connectivity index (χ4v) is 5.30. The molecule has 1 aliphatic rings. The molecule has 0 saturated heterocycles. The first kappa shape index (κ1) is 23.8. The lowest BCUT2D eigenvalue weighted by atomic mass is 9.89. The zero-order chi connectivity index (χ0) is 25.2. The number of para-hydroxylation sites is 2. The first-order valence-electron chi connectivity index (χ1n) is 11.8. The van der Waals surface area contributed by atoms with Crippen molar-refractivity contribution in [3.8, 4) is 5.75 Å². The molecule has 5 rings (SSSR count). The van der Waals surface area contributed by atoms with E-state index in [-0.39, 0.29) is 29.6 Å². The summed E-state index contributed by atoms with van der Waals surface area (Å²) in [6.45, 7) is 2.00. The van der Waals surface area contributed by atoms with Gasteiger partial charge < -0.3 is 14.9 Å². The summed E-state index contributed by atoms with van der Waals surface area (Å²) < 4.78 is 0.835. The highest BCUT2D eigenvalue weighted by Gasteiger charge is 2.39. The van der Waals surface area contributed by atoms with Crippen molar-refractivity contribution in [2.45, 2.75) is 25.4 Å². The molecule has 0 fully saturated rings. The van der Waals surface area contributed by atoms with Crippen LogP contribution in [0.25, 0.3) is 0 Å². The average molecular weight is 541 g/mol. The van der Waals surface area contributed by atoms with E-state index in [4.69, 9.17) is 0 Å². The third-order valence-electron chi connectivity index (χ3n) is 6.51. The molecule has 1 aliphatic heterocycles. The number of halogens is 1. The number of hydrogen-bond acceptors (Lipinski definition) is 3. The van der Waals surface area contributed by atoms with Crippen LogP contribution in [0.1, 0.15) is 45.7 Å². The number of benzene rings is 4. The normalized spacial score (nSPS) is 16.8. The first-order valence-corrected chi connectivity index (χ1v) is 12.6. The van der Waals surface area contributed by atoms with E-state index in [1.54, 1.807) is 23.1 Å². The van der Waals surface area contributed by atoms with Crippen LogP contribution in [0, 0.1) is 0 Å². The van der Waals surface area contributed by atoms with Crippen LogP contribution in [0.3, 0.4) is 0 Å². The Hall–Kier alpha value is -3.90. The van der Waals surface area contributed by atoms with Gasteiger partial charge in [0.1, 0.15) is 5.75 Å². The molecule has 180 valence electrons. The minimum atomic E-state index is -0.279. The van der Waals surface area contributed by atoms with E-state index in [1.165, 1.54) is 6.07 Å². The summed E-state index contributed by atoms with van der Waals surface area (Å²) >= 11 is 3.49. The van der Waals surface area contributed by atoms with Crippen molar-refractivity contribution in [3.63, 3.8) is 0 Å². The second-order valence-electron chi connectivity index (χ2n) is 8.91. The summed E-state index contributed by atoms with van der Waals surface area (Å²) in [5.74, 6) is -0.248. The number of amides is 2. The maximum absolute atomic E-state index is 14.0. The summed E-state index contributed by atoms with van der Waals surface area (Å²) in [6, 6.07) is 30.7. The molecule has 2 amide bonds. The van der Waals surface area contributed by atoms with Crippen LogP contribution < -0.4 is 9.80 Å². The average Bonchev–Trinajstić information content (AvgIpc) is 2.89. The van der Waals surface area contributed by atoms with Gasteiger partial charge in [0, 0.05) is 33.0 Å². The second-order valence-corrected chi connectivity index (χ2v) is 9.82. The smallest absolute Gasteiger partial charge is 0.258 e. The second kappa shape index (κ2) is 9.99. The van der Waals surface area contributed by atoms with Crippen LogP contribution in [0.4, 0.5) is 11.4 Å². The molecule has 0 saturated carbocycles. The molecule has 0 aliphatic carbocycles. The van der Waals surface area contributed by atoms with Gasteiger partial charge in [0.05, 0.1) is 6.04 Å². The minimum Gasteiger partial charge on any atom is -0.508 e. The predicted molar refractivity (Wildman–Crippen MR) is 146 cm³/mol. The van der Waals surface area contributed by atoms with Gasteiger partial charge in [-0.2, -0.15) is 0 Å². The van der Waals surface area contributed by atoms with Gasteiger partial charge in [-0.15, -0.1) is 0 Å². The van der Waals surface area contributed by atoms with E-state index in [2.05, 4.69) is 15.9 Å². The standard InChI is InChI=1S/C30H25BrN2O3/c1-20-17-28(33(24-12-3-2-4-13-24)30(36)21-9-7-11-23(31)18-21)26-15-5-6-16-27(26)32(20)29(35)22-10-8-14-25(34)19-22/h2-16,18-20,28,34H,17H2,1H3. The Bertz CT molecular complexity index is 1420. The molecular formula is C30H25BrN2O3. The Morgan fingerprint density at radius 1 is 0.861 bits per heavy atom. The summed E-state index contributed by atoms with van der Waals surface area (Å²) in [7, 11) is 0. The van der Waals surface area contributed by atoms with Gasteiger partial charge in [-0.25, -0.2) is 0 Å². The van der Waals surface area contributed by atoms with Gasteiger partial charge in [0.2, 0.25) is 0 Å². The summed E-state index contributed by atoms with van der Waals surface area (Å²) in [6.07, 6.45) is 0.552. The molecule has 4 aromatic rings. The number of phenolic OH excluding ortho intramolecular Hbond substituents is 1. The van der Waals surface area contributed by atoms with Gasteiger partial charge in [0.15, 0.2) is 0 Å². The van der Waals surface area contributed by atoms with Crippen molar-refractivity contribution < 1.29 is 14.7 Å². The maximum atomic E-state index is 14.0. The van der Waals surface area contributed by atoms with Gasteiger partial charge >= 0.3 is 0 Å². The van der Waals surface area contributed by atoms with E-state index in [0.29, 0.717) is 17.5 Å². The van der Waals surface area contributed by atoms with E-state index >= 15 is 0 Å². The summed E-state index contributed by atoms with van der Waals surface area (Å²) in [5.41, 5.74) is 3.45. The maximum Gasteiger partial charge on any atom is 0.258 e. The third-order valence-corrected chi connectivity index (χ3v) is 7.00. The van der Waals surface area contributed by atoms with Crippen molar-refractivity contribution in [2.24, 2.45) is 0 Å². The molecule has 1 N–H and O–H groups in total. The summed E-state index contributed by atoms with van der Waals surface area (Å²) in [5, 5.41) is 9.93. The molecule has 6 heteroatoms. The minimum absolute atomic E-state index is 0.0477. The van der Waals surface area contributed by atoms with E-state index in [0.717, 1.165) is 21.4 Å². The lowest BCUT2D eigenvalue weighted by molar-refractivity contribution is 0.0965. The number of carbonyl (C=O) groups excluding carboxylic acids is 2. The van der Waals surface area contributed by atoms with Gasteiger partial charge in [-0.05, 0) is 73.5 Å². The number of hydrogen-bond donors (Lipinski definition) is 1. The lowest BCUT2D eigenvalue weighted by Gasteiger charge is -2.43. The number of rotatable bonds is 4. The number of fused-ring (bicyclic) bond motifs is 1. The first-order chi connectivity index (χ1) is 17.4. The number of carbonyl (C=O) groups is 2. The van der Waals surface area contributed by atoms with Crippen LogP contribution in [0.5, 0.6) is 5.75 Å². The molecule has 0 bridgehead atoms. The Balaban J connectivity index is 1.61. The highest BCUT2D eigenvalue weighted by molar-refractivity contribution is 9.10. The zero-order valence-electron chi connectivity index (χ0n) is 19.7. The SMILES string of the molecule is CC1CC(N(C(=O)c2cccc(Br)c2)c2ccccc2)c2ccccc2N1C(=O)c1cccc(O)c1. The van der Waals surface area contributed by atoms with Crippen molar-refractivity contribution in [1.82, 2.24) is 0 Å². The molecule has 0 aromatic heterocycles. The van der Waals surface area contributed by atoms with Crippen molar-refractivity contribution in [1.29, 1.82) is 0 Å². The van der Waals surface area contributed by atoms with E-state index in [1.807, 2.05) is 90.7 Å². The van der Waals surface area contributed by atoms with Crippen LogP contribution >= 0.6 is 15.9 Å². The highest BCUT2D eigenvalue weighted by Crippen LogP contribution is 2.43. The van der Waals surface area contributed by atoms with Crippen LogP contribution in [0.15, 0.2) is 108 Å². The topological polar surface area (TPSA) is 60.9 Å². The Kier molecular flexibility index (Phi) is 6.61. The highest BCUT2D eigenvalue weighted by atomic mass is 79.9. The number of aromatic hydroxyl groups is 1. The molecular weight excluding hydrogens is 516 g/mol. The molecule has 0 radical (unpaired) electrons. The molecule has 1 heterocycles. The third kappa shape index (κ3) is 4.52. The largest absolute Gasteiger partial charge is 0.508 e. The van der Waals surface area contributed by atoms with Crippen LogP contribution in [0.2, 0.25) is 0 Å². The van der Waals surface area contributed by atoms with Crippen molar-refractivity contribution in [2.75, 3.05) is 9.80 Å². The molecule has 4 aromatic carbocycles. The lowest BCUT2D eigenvalue weighted by Crippen LogP contribution is -2.47. The number of anilines is 2. The zero-order valence-corrected chi connectivity index (χ0v) is 21.3. The Morgan fingerprint density at radius 3 is 2.31 bits per heavy atom. The van der Waals surface area contributed by atoms with E-state index in [9.17, 15) is 14.7 Å². The molecule has 2 atom stereocenters. The van der Waals surface area contributed by atoms with Crippen molar-refractivity contribution in [3.05, 3.63) is 124 Å². The van der Waals surface area contributed by atoms with Gasteiger partial charge in [-0.1, -0.05) is 64.5 Å². The molecule has 2 unspecified atom stereocenters. The Morgan fingerprint density at radius 2 is 1.56 bits per heavy atom. The molecule has 36 heavy (non-hydrogen) atoms. The number of phenols is 1. The van der Waals surface area contributed by atoms with Gasteiger partial charge in [-0.3, -0.25) is 9.59 Å². The van der Waals surface area contributed by atoms with Crippen LogP contribution in [-0.2, 0) is 0 Å². The van der Waals surface area contributed by atoms with Gasteiger partial charge in [0.25, 0.3) is 11.8 Å². The quantitative estimate of drug-likeness (QED) is 0.303. The molecule has 5 nitrogen and oxygen atoms in total. The fourth-order valence-electron chi connectivity index (χ4n) is 4.90. The Labute approximate surface area is 218 Å².